The monoisotopic (exact) mass is 270 g/mol. The second kappa shape index (κ2) is 5.90. The summed E-state index contributed by atoms with van der Waals surface area (Å²) in [6, 6.07) is 9.81. The van der Waals surface area contributed by atoms with Gasteiger partial charge in [0.25, 0.3) is 0 Å². The predicted octanol–water partition coefficient (Wildman–Crippen LogP) is 3.86. The average Bonchev–Trinajstić information content (AvgIpc) is 2.97. The van der Waals surface area contributed by atoms with Gasteiger partial charge in [-0.05, 0) is 18.4 Å². The highest BCUT2D eigenvalue weighted by Gasteiger charge is 2.23. The van der Waals surface area contributed by atoms with Gasteiger partial charge >= 0.3 is 0 Å². The Labute approximate surface area is 118 Å². The van der Waals surface area contributed by atoms with E-state index in [0.717, 1.165) is 36.8 Å². The molecule has 0 saturated heterocycles. The van der Waals surface area contributed by atoms with Crippen LogP contribution >= 0.6 is 0 Å². The molecule has 0 spiro atoms. The van der Waals surface area contributed by atoms with Gasteiger partial charge in [-0.2, -0.15) is 0 Å². The van der Waals surface area contributed by atoms with Gasteiger partial charge in [0.2, 0.25) is 11.8 Å². The van der Waals surface area contributed by atoms with Gasteiger partial charge in [0.05, 0.1) is 11.8 Å². The maximum atomic E-state index is 12.3. The van der Waals surface area contributed by atoms with E-state index in [2.05, 4.69) is 10.5 Å². The Morgan fingerprint density at radius 1 is 1.15 bits per heavy atom. The smallest absolute Gasteiger partial charge is 0.239 e. The van der Waals surface area contributed by atoms with Crippen LogP contribution in [0.1, 0.15) is 32.1 Å². The number of rotatable bonds is 3. The van der Waals surface area contributed by atoms with E-state index in [-0.39, 0.29) is 11.8 Å². The van der Waals surface area contributed by atoms with E-state index in [1.54, 1.807) is 6.20 Å². The molecule has 0 bridgehead atoms. The number of nitrogens with one attached hydrogen (secondary N) is 1. The van der Waals surface area contributed by atoms with Crippen LogP contribution in [0, 0.1) is 5.92 Å². The Kier molecular flexibility index (Phi) is 3.81. The molecule has 1 aliphatic rings. The van der Waals surface area contributed by atoms with E-state index >= 15 is 0 Å². The zero-order valence-corrected chi connectivity index (χ0v) is 11.3. The van der Waals surface area contributed by atoms with Crippen LogP contribution in [0.15, 0.2) is 41.1 Å². The van der Waals surface area contributed by atoms with Crippen molar-refractivity contribution in [3.05, 3.63) is 36.5 Å². The molecule has 4 nitrogen and oxygen atoms in total. The average molecular weight is 270 g/mol. The number of anilines is 1. The molecule has 104 valence electrons. The van der Waals surface area contributed by atoms with Gasteiger partial charge in [-0.3, -0.25) is 10.1 Å². The van der Waals surface area contributed by atoms with Crippen LogP contribution < -0.4 is 5.32 Å². The zero-order valence-electron chi connectivity index (χ0n) is 11.3. The SMILES string of the molecule is O=C(Nc1oncc1-c1ccccc1)C1CCCCC1. The van der Waals surface area contributed by atoms with E-state index < -0.39 is 0 Å². The van der Waals surface area contributed by atoms with Crippen molar-refractivity contribution in [1.82, 2.24) is 5.16 Å². The number of carbonyl (C=O) groups excluding carboxylic acids is 1. The molecule has 1 heterocycles. The van der Waals surface area contributed by atoms with Gasteiger partial charge < -0.3 is 4.52 Å². The second-order valence-electron chi connectivity index (χ2n) is 5.26. The molecule has 0 radical (unpaired) electrons. The number of amides is 1. The molecule has 20 heavy (non-hydrogen) atoms. The summed E-state index contributed by atoms with van der Waals surface area (Å²) in [6.07, 6.45) is 7.11. The van der Waals surface area contributed by atoms with Gasteiger partial charge in [0.15, 0.2) is 0 Å². The summed E-state index contributed by atoms with van der Waals surface area (Å²) in [6.45, 7) is 0. The van der Waals surface area contributed by atoms with Crippen LogP contribution in [0.5, 0.6) is 0 Å². The van der Waals surface area contributed by atoms with Crippen LogP contribution in [0.4, 0.5) is 5.88 Å². The molecule has 0 atom stereocenters. The standard InChI is InChI=1S/C16H18N2O2/c19-15(13-9-5-2-6-10-13)18-16-14(11-17-20-16)12-7-3-1-4-8-12/h1,3-4,7-8,11,13H,2,5-6,9-10H2,(H,18,19). The highest BCUT2D eigenvalue weighted by atomic mass is 16.5. The molecule has 1 fully saturated rings. The van der Waals surface area contributed by atoms with Crippen molar-refractivity contribution in [2.24, 2.45) is 5.92 Å². The first-order chi connectivity index (χ1) is 9.84. The molecule has 1 aromatic heterocycles. The molecule has 4 heteroatoms. The lowest BCUT2D eigenvalue weighted by atomic mass is 9.88. The Bertz CT molecular complexity index is 571. The van der Waals surface area contributed by atoms with E-state index in [9.17, 15) is 4.79 Å². The maximum absolute atomic E-state index is 12.3. The van der Waals surface area contributed by atoms with Crippen LogP contribution in [-0.2, 0) is 4.79 Å². The fourth-order valence-corrected chi connectivity index (χ4v) is 2.73. The minimum atomic E-state index is 0.0543. The third-order valence-electron chi connectivity index (χ3n) is 3.87. The molecular weight excluding hydrogens is 252 g/mol. The van der Waals surface area contributed by atoms with E-state index in [0.29, 0.717) is 5.88 Å². The first-order valence-electron chi connectivity index (χ1n) is 7.15. The highest BCUT2D eigenvalue weighted by Crippen LogP contribution is 2.30. The number of aromatic nitrogens is 1. The third kappa shape index (κ3) is 2.74. The fourth-order valence-electron chi connectivity index (χ4n) is 2.73. The van der Waals surface area contributed by atoms with Crippen LogP contribution in [0.2, 0.25) is 0 Å². The largest absolute Gasteiger partial charge is 0.338 e. The normalized spacial score (nSPS) is 16.0. The lowest BCUT2D eigenvalue weighted by Gasteiger charge is -2.20. The molecule has 1 amide bonds. The van der Waals surface area contributed by atoms with Crippen molar-refractivity contribution >= 4 is 11.8 Å². The molecule has 3 rings (SSSR count). The summed E-state index contributed by atoms with van der Waals surface area (Å²) < 4.78 is 5.20. The van der Waals surface area contributed by atoms with Gasteiger partial charge in [-0.1, -0.05) is 54.8 Å². The van der Waals surface area contributed by atoms with Gasteiger partial charge in [-0.25, -0.2) is 0 Å². The second-order valence-corrected chi connectivity index (χ2v) is 5.26. The zero-order chi connectivity index (χ0) is 13.8. The molecular formula is C16H18N2O2. The molecule has 1 aromatic carbocycles. The van der Waals surface area contributed by atoms with Gasteiger partial charge in [-0.15, -0.1) is 0 Å². The van der Waals surface area contributed by atoms with Gasteiger partial charge in [0.1, 0.15) is 0 Å². The van der Waals surface area contributed by atoms with E-state index in [1.807, 2.05) is 30.3 Å². The summed E-state index contributed by atoms with van der Waals surface area (Å²) in [7, 11) is 0. The topological polar surface area (TPSA) is 55.1 Å². The Hall–Kier alpha value is -2.10. The van der Waals surface area contributed by atoms with Crippen molar-refractivity contribution < 1.29 is 9.32 Å². The van der Waals surface area contributed by atoms with Crippen LogP contribution in [0.25, 0.3) is 11.1 Å². The quantitative estimate of drug-likeness (QED) is 0.921. The van der Waals surface area contributed by atoms with Crippen LogP contribution in [-0.4, -0.2) is 11.1 Å². The van der Waals surface area contributed by atoms with Crippen molar-refractivity contribution in [1.29, 1.82) is 0 Å². The van der Waals surface area contributed by atoms with Crippen molar-refractivity contribution in [2.75, 3.05) is 5.32 Å². The summed E-state index contributed by atoms with van der Waals surface area (Å²) in [5.41, 5.74) is 1.82. The number of hydrogen-bond acceptors (Lipinski definition) is 3. The summed E-state index contributed by atoms with van der Waals surface area (Å²) in [5.74, 6) is 0.614. The molecule has 1 N–H and O–H groups in total. The number of benzene rings is 1. The highest BCUT2D eigenvalue weighted by molar-refractivity contribution is 5.94. The number of carbonyl (C=O) groups is 1. The number of nitrogens with zero attached hydrogens (tertiary/aromatic N) is 1. The Morgan fingerprint density at radius 3 is 2.65 bits per heavy atom. The summed E-state index contributed by atoms with van der Waals surface area (Å²) in [4.78, 5) is 12.3. The van der Waals surface area contributed by atoms with Crippen LogP contribution in [0.3, 0.4) is 0 Å². The molecule has 2 aromatic rings. The lowest BCUT2D eigenvalue weighted by molar-refractivity contribution is -0.120. The third-order valence-corrected chi connectivity index (χ3v) is 3.87. The summed E-state index contributed by atoms with van der Waals surface area (Å²) >= 11 is 0. The maximum Gasteiger partial charge on any atom is 0.239 e. The van der Waals surface area contributed by atoms with E-state index in [1.165, 1.54) is 6.42 Å². The Balaban J connectivity index is 1.75. The molecule has 1 aliphatic carbocycles. The first-order valence-corrected chi connectivity index (χ1v) is 7.15. The lowest BCUT2D eigenvalue weighted by Crippen LogP contribution is -2.24. The van der Waals surface area contributed by atoms with E-state index in [4.69, 9.17) is 4.52 Å². The van der Waals surface area contributed by atoms with Crippen molar-refractivity contribution in [2.45, 2.75) is 32.1 Å². The minimum absolute atomic E-state index is 0.0543. The summed E-state index contributed by atoms with van der Waals surface area (Å²) in [5, 5.41) is 6.70. The first kappa shape index (κ1) is 12.9. The van der Waals surface area contributed by atoms with Crippen molar-refractivity contribution in [3.63, 3.8) is 0 Å². The molecule has 0 aliphatic heterocycles. The Morgan fingerprint density at radius 2 is 1.90 bits per heavy atom. The minimum Gasteiger partial charge on any atom is -0.338 e. The molecule has 0 unspecified atom stereocenters. The fraction of sp³-hybridized carbons (Fsp3) is 0.375. The predicted molar refractivity (Wildman–Crippen MR) is 77.1 cm³/mol. The van der Waals surface area contributed by atoms with Crippen molar-refractivity contribution in [3.8, 4) is 11.1 Å². The van der Waals surface area contributed by atoms with Gasteiger partial charge in [0, 0.05) is 5.92 Å². The number of hydrogen-bond donors (Lipinski definition) is 1. The molecule has 1 saturated carbocycles.